The lowest BCUT2D eigenvalue weighted by Gasteiger charge is -2.39. The fourth-order valence-electron chi connectivity index (χ4n) is 5.48. The Hall–Kier alpha value is -4.28. The van der Waals surface area contributed by atoms with Crippen LogP contribution in [0.4, 0.5) is 22.7 Å². The van der Waals surface area contributed by atoms with Crippen molar-refractivity contribution in [2.75, 3.05) is 16.8 Å². The van der Waals surface area contributed by atoms with E-state index in [2.05, 4.69) is 22.4 Å². The second-order valence-electron chi connectivity index (χ2n) is 12.0. The number of hydrogen-bond donors (Lipinski definition) is 4. The van der Waals surface area contributed by atoms with E-state index in [1.807, 2.05) is 64.1 Å². The van der Waals surface area contributed by atoms with Gasteiger partial charge in [-0.15, -0.1) is 0 Å². The van der Waals surface area contributed by atoms with Gasteiger partial charge in [0.1, 0.15) is 18.3 Å². The lowest BCUT2D eigenvalue weighted by Crippen LogP contribution is -2.57. The molecule has 0 saturated carbocycles. The fourth-order valence-corrected chi connectivity index (χ4v) is 5.48. The van der Waals surface area contributed by atoms with Crippen molar-refractivity contribution in [3.8, 4) is 0 Å². The van der Waals surface area contributed by atoms with E-state index in [4.69, 9.17) is 9.47 Å². The third kappa shape index (κ3) is 6.72. The largest absolute Gasteiger partial charge is 0.429 e. The van der Waals surface area contributed by atoms with Gasteiger partial charge in [-0.3, -0.25) is 4.79 Å². The summed E-state index contributed by atoms with van der Waals surface area (Å²) in [6.07, 6.45) is -2.10. The van der Waals surface area contributed by atoms with Crippen LogP contribution in [0.2, 0.25) is 0 Å². The zero-order valence-corrected chi connectivity index (χ0v) is 26.2. The monoisotopic (exact) mass is 612 g/mol. The first-order valence-electron chi connectivity index (χ1n) is 15.1. The molecule has 5 rings (SSSR count). The van der Waals surface area contributed by atoms with E-state index >= 15 is 0 Å². The number of fused-ring (bicyclic) bond motifs is 2. The minimum Gasteiger partial charge on any atom is -0.429 e. The normalized spacial score (nSPS) is 22.0. The summed E-state index contributed by atoms with van der Waals surface area (Å²) in [5.74, 6) is -0.860. The van der Waals surface area contributed by atoms with E-state index in [-0.39, 0.29) is 11.3 Å². The van der Waals surface area contributed by atoms with E-state index in [1.54, 1.807) is 24.3 Å². The predicted molar refractivity (Wildman–Crippen MR) is 173 cm³/mol. The molecular formula is C36H40N2O7. The molecule has 0 radical (unpaired) electrons. The van der Waals surface area contributed by atoms with Gasteiger partial charge in [-0.1, -0.05) is 59.7 Å². The summed E-state index contributed by atoms with van der Waals surface area (Å²) in [6, 6.07) is 18.2. The van der Waals surface area contributed by atoms with Crippen molar-refractivity contribution in [2.24, 2.45) is 0 Å². The highest BCUT2D eigenvalue weighted by Gasteiger charge is 2.44. The first-order valence-corrected chi connectivity index (χ1v) is 15.1. The van der Waals surface area contributed by atoms with Gasteiger partial charge in [-0.2, -0.15) is 0 Å². The van der Waals surface area contributed by atoms with E-state index < -0.39 is 36.7 Å². The number of esters is 1. The fraction of sp³-hybridized carbons (Fsp3) is 0.333. The molecular weight excluding hydrogens is 572 g/mol. The van der Waals surface area contributed by atoms with E-state index in [9.17, 15) is 24.9 Å². The number of carbonyl (C=O) groups is 2. The SMILES string of the molecule is CC(C)=CCc1cc(C(=O)c2ccccc2)cc2c1Nc1c(C(=O)O[C@@H]3O[C@H](C)[C@H](O)[C@@H](O)[C@@H]3O)cccc1N2CC=C(C)C. The molecule has 45 heavy (non-hydrogen) atoms. The van der Waals surface area contributed by atoms with Crippen molar-refractivity contribution in [1.29, 1.82) is 0 Å². The topological polar surface area (TPSA) is 129 Å². The van der Waals surface area contributed by atoms with Crippen LogP contribution in [0.5, 0.6) is 0 Å². The van der Waals surface area contributed by atoms with E-state index in [0.29, 0.717) is 35.5 Å². The lowest BCUT2D eigenvalue weighted by atomic mass is 9.94. The number of anilines is 4. The Labute approximate surface area is 263 Å². The summed E-state index contributed by atoms with van der Waals surface area (Å²) in [5, 5.41) is 34.3. The van der Waals surface area contributed by atoms with Gasteiger partial charge >= 0.3 is 5.97 Å². The van der Waals surface area contributed by atoms with Crippen LogP contribution in [-0.2, 0) is 15.9 Å². The standard InChI is InChI=1S/C36H40N2O7/c1-20(2)14-15-24-18-25(32(40)23-10-7-6-8-11-23)19-28-29(24)37-30-26(12-9-13-27(30)38(28)17-16-21(3)4)35(43)45-36-34(42)33(41)31(39)22(5)44-36/h6-14,16,18-19,22,31,33-34,36-37,39,41-42H,15,17H2,1-5H3/t22-,31+,33-,34+,36+/m1/s1. The molecule has 0 unspecified atom stereocenters. The third-order valence-electron chi connectivity index (χ3n) is 8.04. The molecule has 236 valence electrons. The van der Waals surface area contributed by atoms with Crippen LogP contribution in [0, 0.1) is 0 Å². The van der Waals surface area contributed by atoms with E-state index in [1.165, 1.54) is 6.92 Å². The maximum absolute atomic E-state index is 13.7. The Morgan fingerprint density at radius 3 is 2.24 bits per heavy atom. The Morgan fingerprint density at radius 1 is 0.844 bits per heavy atom. The van der Waals surface area contributed by atoms with Crippen LogP contribution in [0.3, 0.4) is 0 Å². The molecule has 2 aliphatic heterocycles. The maximum Gasteiger partial charge on any atom is 0.342 e. The molecule has 2 aliphatic rings. The zero-order valence-electron chi connectivity index (χ0n) is 26.2. The lowest BCUT2D eigenvalue weighted by molar-refractivity contribution is -0.276. The highest BCUT2D eigenvalue weighted by Crippen LogP contribution is 2.48. The molecule has 3 aromatic rings. The van der Waals surface area contributed by atoms with Crippen molar-refractivity contribution in [2.45, 2.75) is 71.7 Å². The van der Waals surface area contributed by atoms with Crippen LogP contribution in [0.15, 0.2) is 84.0 Å². The Balaban J connectivity index is 1.60. The molecule has 2 heterocycles. The summed E-state index contributed by atoms with van der Waals surface area (Å²) in [5.41, 5.74) is 7.19. The number of para-hydroxylation sites is 1. The number of allylic oxidation sites excluding steroid dienone is 3. The van der Waals surface area contributed by atoms with Crippen molar-refractivity contribution >= 4 is 34.5 Å². The summed E-state index contributed by atoms with van der Waals surface area (Å²) >= 11 is 0. The molecule has 4 N–H and O–H groups in total. The predicted octanol–water partition coefficient (Wildman–Crippen LogP) is 5.57. The highest BCUT2D eigenvalue weighted by molar-refractivity contribution is 6.11. The molecule has 9 nitrogen and oxygen atoms in total. The molecule has 0 bridgehead atoms. The number of aliphatic hydroxyl groups is 3. The summed E-state index contributed by atoms with van der Waals surface area (Å²) in [7, 11) is 0. The van der Waals surface area contributed by atoms with Crippen molar-refractivity contribution in [1.82, 2.24) is 0 Å². The minimum atomic E-state index is -1.63. The second-order valence-corrected chi connectivity index (χ2v) is 12.0. The van der Waals surface area contributed by atoms with Gasteiger partial charge in [0.2, 0.25) is 6.29 Å². The van der Waals surface area contributed by atoms with Crippen LogP contribution >= 0.6 is 0 Å². The smallest absolute Gasteiger partial charge is 0.342 e. The number of nitrogens with zero attached hydrogens (tertiary/aromatic N) is 1. The van der Waals surface area contributed by atoms with Crippen molar-refractivity contribution in [3.63, 3.8) is 0 Å². The van der Waals surface area contributed by atoms with Gasteiger partial charge in [0, 0.05) is 17.7 Å². The molecule has 0 amide bonds. The molecule has 3 aromatic carbocycles. The van der Waals surface area contributed by atoms with Gasteiger partial charge in [0.15, 0.2) is 5.78 Å². The number of rotatable bonds is 8. The number of carbonyl (C=O) groups excluding carboxylic acids is 2. The molecule has 1 fully saturated rings. The molecule has 0 aromatic heterocycles. The maximum atomic E-state index is 13.7. The molecule has 0 spiro atoms. The first kappa shape index (κ1) is 32.1. The number of nitrogens with one attached hydrogen (secondary N) is 1. The summed E-state index contributed by atoms with van der Waals surface area (Å²) < 4.78 is 11.1. The summed E-state index contributed by atoms with van der Waals surface area (Å²) in [4.78, 5) is 29.4. The van der Waals surface area contributed by atoms with Crippen molar-refractivity contribution in [3.05, 3.63) is 106 Å². The Kier molecular flexibility index (Phi) is 9.55. The Morgan fingerprint density at radius 2 is 1.56 bits per heavy atom. The number of ether oxygens (including phenoxy) is 2. The number of aliphatic hydroxyl groups excluding tert-OH is 3. The van der Waals surface area contributed by atoms with Gasteiger partial charge in [0.05, 0.1) is 34.4 Å². The van der Waals surface area contributed by atoms with Gasteiger partial charge in [-0.05, 0) is 70.9 Å². The first-order chi connectivity index (χ1) is 21.5. The highest BCUT2D eigenvalue weighted by atomic mass is 16.7. The Bertz CT molecular complexity index is 1640. The zero-order chi connectivity index (χ0) is 32.4. The molecule has 1 saturated heterocycles. The summed E-state index contributed by atoms with van der Waals surface area (Å²) in [6.45, 7) is 10.0. The number of ketones is 1. The third-order valence-corrected chi connectivity index (χ3v) is 8.04. The average Bonchev–Trinajstić information content (AvgIpc) is 3.02. The van der Waals surface area contributed by atoms with Crippen LogP contribution in [0.25, 0.3) is 0 Å². The molecule has 0 aliphatic carbocycles. The number of hydrogen-bond acceptors (Lipinski definition) is 9. The minimum absolute atomic E-state index is 0.0882. The average molecular weight is 613 g/mol. The van der Waals surface area contributed by atoms with Crippen molar-refractivity contribution < 1.29 is 34.4 Å². The second kappa shape index (κ2) is 13.4. The molecule has 9 heteroatoms. The van der Waals surface area contributed by atoms with Gasteiger partial charge < -0.3 is 35.0 Å². The molecule has 5 atom stereocenters. The van der Waals surface area contributed by atoms with Crippen LogP contribution in [-0.4, -0.2) is 64.3 Å². The quantitative estimate of drug-likeness (QED) is 0.147. The van der Waals surface area contributed by atoms with Gasteiger partial charge in [-0.25, -0.2) is 4.79 Å². The van der Waals surface area contributed by atoms with Crippen LogP contribution in [0.1, 0.15) is 66.5 Å². The van der Waals surface area contributed by atoms with Gasteiger partial charge in [0.25, 0.3) is 0 Å². The van der Waals surface area contributed by atoms with Crippen LogP contribution < -0.4 is 10.2 Å². The van der Waals surface area contributed by atoms with E-state index in [0.717, 1.165) is 28.1 Å². The number of benzene rings is 3.